The molecule has 0 amide bonds. The smallest absolute Gasteiger partial charge is 0.188 e. The zero-order valence-corrected chi connectivity index (χ0v) is 11.3. The molecule has 1 aromatic carbocycles. The Morgan fingerprint density at radius 1 is 1.05 bits per heavy atom. The van der Waals surface area contributed by atoms with E-state index in [-0.39, 0.29) is 5.43 Å². The van der Waals surface area contributed by atoms with E-state index in [1.165, 1.54) is 6.07 Å². The lowest BCUT2D eigenvalue weighted by molar-refractivity contribution is 0.413. The van der Waals surface area contributed by atoms with Crippen LogP contribution < -0.4 is 10.2 Å². The second-order valence-electron chi connectivity index (χ2n) is 4.61. The zero-order chi connectivity index (χ0) is 14.1. The molecular formula is C17H14O3. The molecule has 20 heavy (non-hydrogen) atoms. The van der Waals surface area contributed by atoms with E-state index in [9.17, 15) is 4.79 Å². The van der Waals surface area contributed by atoms with E-state index in [0.717, 1.165) is 16.9 Å². The van der Waals surface area contributed by atoms with Gasteiger partial charge >= 0.3 is 0 Å². The summed E-state index contributed by atoms with van der Waals surface area (Å²) in [6, 6.07) is 15.1. The van der Waals surface area contributed by atoms with Gasteiger partial charge in [-0.1, -0.05) is 30.3 Å². The van der Waals surface area contributed by atoms with Crippen molar-refractivity contribution in [2.24, 2.45) is 0 Å². The second kappa shape index (κ2) is 4.85. The molecule has 3 nitrogen and oxygen atoms in total. The molecule has 1 heterocycles. The van der Waals surface area contributed by atoms with Crippen LogP contribution in [0.5, 0.6) is 5.75 Å². The summed E-state index contributed by atoms with van der Waals surface area (Å²) in [5.41, 5.74) is 2.30. The first-order chi connectivity index (χ1) is 9.70. The van der Waals surface area contributed by atoms with Crippen molar-refractivity contribution >= 4 is 0 Å². The van der Waals surface area contributed by atoms with Crippen LogP contribution in [0.15, 0.2) is 57.7 Å². The largest absolute Gasteiger partial charge is 0.496 e. The van der Waals surface area contributed by atoms with Crippen molar-refractivity contribution in [3.63, 3.8) is 0 Å². The van der Waals surface area contributed by atoms with Crippen molar-refractivity contribution in [2.45, 2.75) is 6.92 Å². The third-order valence-electron chi connectivity index (χ3n) is 3.37. The maximum absolute atomic E-state index is 11.9. The molecule has 100 valence electrons. The Kier molecular flexibility index (Phi) is 3.03. The molecule has 0 spiro atoms. The highest BCUT2D eigenvalue weighted by Crippen LogP contribution is 2.35. The van der Waals surface area contributed by atoms with Gasteiger partial charge in [-0.05, 0) is 19.1 Å². The highest BCUT2D eigenvalue weighted by atomic mass is 16.5. The van der Waals surface area contributed by atoms with Crippen LogP contribution in [0.2, 0.25) is 0 Å². The van der Waals surface area contributed by atoms with Crippen LogP contribution in [0.3, 0.4) is 0 Å². The van der Waals surface area contributed by atoms with Crippen molar-refractivity contribution in [1.29, 1.82) is 0 Å². The van der Waals surface area contributed by atoms with Gasteiger partial charge in [-0.2, -0.15) is 0 Å². The lowest BCUT2D eigenvalue weighted by Crippen LogP contribution is -2.08. The molecule has 3 rings (SSSR count). The maximum Gasteiger partial charge on any atom is 0.188 e. The van der Waals surface area contributed by atoms with Crippen LogP contribution in [0.25, 0.3) is 22.6 Å². The normalized spacial score (nSPS) is 10.7. The van der Waals surface area contributed by atoms with Crippen molar-refractivity contribution in [2.75, 3.05) is 7.11 Å². The first-order valence-electron chi connectivity index (χ1n) is 6.37. The minimum Gasteiger partial charge on any atom is -0.496 e. The molecule has 0 saturated heterocycles. The molecule has 1 aliphatic carbocycles. The van der Waals surface area contributed by atoms with Gasteiger partial charge in [0.1, 0.15) is 17.3 Å². The quantitative estimate of drug-likeness (QED) is 0.709. The van der Waals surface area contributed by atoms with Gasteiger partial charge in [-0.15, -0.1) is 0 Å². The fraction of sp³-hybridized carbons (Fsp3) is 0.118. The summed E-state index contributed by atoms with van der Waals surface area (Å²) in [5, 5.41) is 0. The molecule has 0 atom stereocenters. The van der Waals surface area contributed by atoms with Crippen molar-refractivity contribution in [3.05, 3.63) is 64.3 Å². The lowest BCUT2D eigenvalue weighted by atomic mass is 10.0. The van der Waals surface area contributed by atoms with Crippen LogP contribution >= 0.6 is 0 Å². The number of fused-ring (bicyclic) bond motifs is 1. The Balaban J connectivity index is 2.28. The van der Waals surface area contributed by atoms with Crippen molar-refractivity contribution < 1.29 is 9.15 Å². The molecule has 0 unspecified atom stereocenters. The van der Waals surface area contributed by atoms with E-state index in [2.05, 4.69) is 0 Å². The number of benzene rings is 2. The van der Waals surface area contributed by atoms with E-state index in [1.54, 1.807) is 14.0 Å². The van der Waals surface area contributed by atoms with Crippen LogP contribution in [-0.2, 0) is 0 Å². The summed E-state index contributed by atoms with van der Waals surface area (Å²) in [7, 11) is 1.55. The number of ether oxygens (including phenoxy) is 1. The van der Waals surface area contributed by atoms with E-state index in [4.69, 9.17) is 9.15 Å². The number of hydrogen-bond donors (Lipinski definition) is 0. The summed E-state index contributed by atoms with van der Waals surface area (Å²) in [4.78, 5) is 11.9. The zero-order valence-electron chi connectivity index (χ0n) is 11.3. The first-order valence-corrected chi connectivity index (χ1v) is 6.37. The summed E-state index contributed by atoms with van der Waals surface area (Å²) in [6.07, 6.45) is 0. The molecule has 2 aliphatic rings. The Morgan fingerprint density at radius 3 is 2.50 bits per heavy atom. The summed E-state index contributed by atoms with van der Waals surface area (Å²) in [6.45, 7) is 1.77. The van der Waals surface area contributed by atoms with Gasteiger partial charge in [-0.25, -0.2) is 0 Å². The van der Waals surface area contributed by atoms with Gasteiger partial charge in [0, 0.05) is 17.2 Å². The predicted octanol–water partition coefficient (Wildman–Crippen LogP) is 3.73. The van der Waals surface area contributed by atoms with Crippen LogP contribution in [0.4, 0.5) is 0 Å². The molecule has 0 N–H and O–H groups in total. The highest BCUT2D eigenvalue weighted by molar-refractivity contribution is 5.72. The Labute approximate surface area is 116 Å². The maximum atomic E-state index is 11.9. The molecule has 0 saturated carbocycles. The molecule has 0 fully saturated rings. The average Bonchev–Trinajstić information content (AvgIpc) is 2.51. The van der Waals surface area contributed by atoms with E-state index in [1.807, 2.05) is 42.5 Å². The minimum absolute atomic E-state index is 0.0803. The molecule has 3 heteroatoms. The monoisotopic (exact) mass is 266 g/mol. The molecule has 0 aromatic heterocycles. The average molecular weight is 266 g/mol. The van der Waals surface area contributed by atoms with Crippen LogP contribution in [-0.4, -0.2) is 7.11 Å². The number of hydrogen-bond acceptors (Lipinski definition) is 3. The van der Waals surface area contributed by atoms with Crippen molar-refractivity contribution in [3.8, 4) is 28.4 Å². The van der Waals surface area contributed by atoms with E-state index in [0.29, 0.717) is 17.1 Å². The van der Waals surface area contributed by atoms with E-state index < -0.39 is 0 Å². The lowest BCUT2D eigenvalue weighted by Gasteiger charge is -2.13. The van der Waals surface area contributed by atoms with Gasteiger partial charge in [0.05, 0.1) is 12.7 Å². The molecular weight excluding hydrogens is 252 g/mol. The Hall–Kier alpha value is -2.55. The van der Waals surface area contributed by atoms with Crippen molar-refractivity contribution in [1.82, 2.24) is 0 Å². The van der Waals surface area contributed by atoms with Crippen LogP contribution in [0, 0.1) is 6.92 Å². The summed E-state index contributed by atoms with van der Waals surface area (Å²) in [5.74, 6) is 1.85. The van der Waals surface area contributed by atoms with Gasteiger partial charge in [-0.3, -0.25) is 4.79 Å². The number of methoxy groups -OCH3 is 1. The topological polar surface area (TPSA) is 39.4 Å². The highest BCUT2D eigenvalue weighted by Gasteiger charge is 2.17. The predicted molar refractivity (Wildman–Crippen MR) is 78.3 cm³/mol. The first kappa shape index (κ1) is 12.5. The summed E-state index contributed by atoms with van der Waals surface area (Å²) >= 11 is 0. The van der Waals surface area contributed by atoms with E-state index >= 15 is 0 Å². The Morgan fingerprint density at radius 2 is 1.80 bits per heavy atom. The SMILES string of the molecule is COc1cc(=O)c(C)c2oc(-c3ccccc3)ccc1-2. The molecule has 0 radical (unpaired) electrons. The van der Waals surface area contributed by atoms with Gasteiger partial charge in [0.25, 0.3) is 0 Å². The fourth-order valence-corrected chi connectivity index (χ4v) is 2.25. The van der Waals surface area contributed by atoms with Gasteiger partial charge in [0.15, 0.2) is 5.43 Å². The number of rotatable bonds is 2. The second-order valence-corrected chi connectivity index (χ2v) is 4.61. The molecule has 1 aromatic rings. The van der Waals surface area contributed by atoms with Gasteiger partial charge in [0.2, 0.25) is 0 Å². The third kappa shape index (κ3) is 1.97. The Bertz CT molecular complexity index is 772. The summed E-state index contributed by atoms with van der Waals surface area (Å²) < 4.78 is 11.2. The fourth-order valence-electron chi connectivity index (χ4n) is 2.25. The third-order valence-corrected chi connectivity index (χ3v) is 3.37. The van der Waals surface area contributed by atoms with Crippen LogP contribution in [0.1, 0.15) is 5.56 Å². The standard InChI is InChI=1S/C17H14O3/c1-11-14(18)10-16(19-2)13-8-9-15(20-17(11)13)12-6-4-3-5-7-12/h3-10H,1-2H3. The molecule has 0 bridgehead atoms. The minimum atomic E-state index is -0.0803. The van der Waals surface area contributed by atoms with Gasteiger partial charge < -0.3 is 9.15 Å². The molecule has 1 aliphatic heterocycles.